The highest BCUT2D eigenvalue weighted by Crippen LogP contribution is 2.42. The number of carbonyl (C=O) groups is 4. The average Bonchev–Trinajstić information content (AvgIpc) is 3.04. The Balaban J connectivity index is 1.36. The third-order valence-corrected chi connectivity index (χ3v) is 8.50. The van der Waals surface area contributed by atoms with Gasteiger partial charge < -0.3 is 30.0 Å². The van der Waals surface area contributed by atoms with Gasteiger partial charge in [0.05, 0.1) is 12.9 Å². The lowest BCUT2D eigenvalue weighted by Gasteiger charge is -2.49. The Kier molecular flexibility index (Phi) is 9.57. The first-order valence-corrected chi connectivity index (χ1v) is 15.6. The molecule has 46 heavy (non-hydrogen) atoms. The zero-order valence-electron chi connectivity index (χ0n) is 25.8. The number of hydrogen-bond acceptors (Lipinski definition) is 9. The molecule has 2 heterocycles. The lowest BCUT2D eigenvalue weighted by Crippen LogP contribution is -2.71. The summed E-state index contributed by atoms with van der Waals surface area (Å²) in [6, 6.07) is 22.0. The van der Waals surface area contributed by atoms with Gasteiger partial charge in [-0.2, -0.15) is 0 Å². The van der Waals surface area contributed by atoms with E-state index in [9.17, 15) is 24.3 Å². The molecule has 0 saturated carbocycles. The van der Waals surface area contributed by atoms with Crippen LogP contribution in [0.2, 0.25) is 0 Å². The first kappa shape index (κ1) is 32.4. The number of methoxy groups -OCH3 is 1. The van der Waals surface area contributed by atoms with Crippen molar-refractivity contribution in [1.29, 1.82) is 0 Å². The van der Waals surface area contributed by atoms with E-state index in [1.54, 1.807) is 20.8 Å². The zero-order chi connectivity index (χ0) is 33.0. The summed E-state index contributed by atoms with van der Waals surface area (Å²) in [6.07, 6.45) is -1.58. The van der Waals surface area contributed by atoms with Crippen LogP contribution in [0.4, 0.5) is 4.79 Å². The molecule has 1 unspecified atom stereocenters. The molecule has 3 aromatic rings. The predicted molar refractivity (Wildman–Crippen MR) is 170 cm³/mol. The monoisotopic (exact) mass is 645 g/mol. The first-order valence-electron chi connectivity index (χ1n) is 14.6. The number of fused-ring (bicyclic) bond motifs is 1. The van der Waals surface area contributed by atoms with Crippen molar-refractivity contribution in [3.63, 3.8) is 0 Å². The molecule has 0 aromatic heterocycles. The summed E-state index contributed by atoms with van der Waals surface area (Å²) < 4.78 is 16.9. The highest BCUT2D eigenvalue weighted by molar-refractivity contribution is 8.00. The number of nitrogens with one attached hydrogen (secondary N) is 2. The van der Waals surface area contributed by atoms with E-state index in [1.807, 2.05) is 60.7 Å². The highest BCUT2D eigenvalue weighted by atomic mass is 32.2. The number of ether oxygens (including phenoxy) is 3. The fourth-order valence-electron chi connectivity index (χ4n) is 5.11. The van der Waals surface area contributed by atoms with Crippen molar-refractivity contribution >= 4 is 35.6 Å². The first-order chi connectivity index (χ1) is 22.0. The average molecular weight is 646 g/mol. The maximum absolute atomic E-state index is 13.8. The number of hydrogen-bond donors (Lipinski definition) is 3. The lowest BCUT2D eigenvalue weighted by molar-refractivity contribution is -0.155. The second-order valence-corrected chi connectivity index (χ2v) is 12.8. The Bertz CT molecular complexity index is 1580. The van der Waals surface area contributed by atoms with E-state index in [0.717, 1.165) is 11.1 Å². The van der Waals surface area contributed by atoms with Gasteiger partial charge in [0, 0.05) is 0 Å². The third kappa shape index (κ3) is 7.12. The molecule has 3 N–H and O–H groups in total. The van der Waals surface area contributed by atoms with Crippen LogP contribution < -0.4 is 10.6 Å². The fraction of sp³-hybridized carbons (Fsp3) is 0.294. The maximum atomic E-state index is 13.8. The molecule has 1 fully saturated rings. The number of carbonyl (C=O) groups excluding carboxylic acids is 4. The van der Waals surface area contributed by atoms with Crippen LogP contribution in [0.5, 0.6) is 5.75 Å². The van der Waals surface area contributed by atoms with E-state index in [-0.39, 0.29) is 23.0 Å². The summed E-state index contributed by atoms with van der Waals surface area (Å²) in [6.45, 7) is 5.07. The second-order valence-electron chi connectivity index (χ2n) is 11.6. The Hall–Kier alpha value is -4.97. The van der Waals surface area contributed by atoms with Crippen LogP contribution in [-0.2, 0) is 28.6 Å². The van der Waals surface area contributed by atoms with Gasteiger partial charge in [-0.1, -0.05) is 72.8 Å². The van der Waals surface area contributed by atoms with E-state index in [0.29, 0.717) is 5.56 Å². The largest absolute Gasteiger partial charge is 0.508 e. The molecule has 0 spiro atoms. The molecule has 5 rings (SSSR count). The van der Waals surface area contributed by atoms with Crippen LogP contribution in [-0.4, -0.2) is 63.8 Å². The lowest BCUT2D eigenvalue weighted by atomic mass is 10.0. The number of phenols is 1. The highest BCUT2D eigenvalue weighted by Gasteiger charge is 2.55. The van der Waals surface area contributed by atoms with Crippen LogP contribution in [0.25, 0.3) is 0 Å². The summed E-state index contributed by atoms with van der Waals surface area (Å²) in [5.74, 6) is -1.45. The third-order valence-electron chi connectivity index (χ3n) is 7.25. The Morgan fingerprint density at radius 2 is 1.50 bits per heavy atom. The zero-order valence-corrected chi connectivity index (χ0v) is 26.6. The van der Waals surface area contributed by atoms with Crippen molar-refractivity contribution in [2.45, 2.75) is 49.9 Å². The summed E-state index contributed by atoms with van der Waals surface area (Å²) >= 11 is 1.32. The summed E-state index contributed by atoms with van der Waals surface area (Å²) in [4.78, 5) is 54.9. The quantitative estimate of drug-likeness (QED) is 0.226. The second kappa shape index (κ2) is 13.6. The van der Waals surface area contributed by atoms with Crippen molar-refractivity contribution < 1.29 is 38.5 Å². The van der Waals surface area contributed by atoms with Crippen molar-refractivity contribution in [2.24, 2.45) is 0 Å². The fourth-order valence-corrected chi connectivity index (χ4v) is 6.42. The SMILES string of the molecule is COC1=C(C(=O)OC(c2ccccc2)c2ccccc2)N2C(=O)[C@@H](NC(=O)C(NC(=O)OC(C)(C)C)c3ccc(O)cc3)[C@H]2SC1. The normalized spacial score (nSPS) is 18.2. The molecule has 0 aliphatic carbocycles. The number of rotatable bonds is 9. The Morgan fingerprint density at radius 1 is 0.913 bits per heavy atom. The van der Waals surface area contributed by atoms with E-state index in [1.165, 1.54) is 48.0 Å². The number of nitrogens with zero attached hydrogens (tertiary/aromatic N) is 1. The summed E-state index contributed by atoms with van der Waals surface area (Å²) in [5.41, 5.74) is 1.02. The number of β-lactam (4-membered cyclic amide) rings is 1. The standard InChI is InChI=1S/C34H35N3O8S/c1-34(2,3)45-33(42)36-25(20-15-17-23(38)18-16-20)29(39)35-26-30(40)37-27(24(43-4)19-46-31(26)37)32(41)44-28(21-11-7-5-8-12-21)22-13-9-6-10-14-22/h5-18,25-26,28,31,38H,19H2,1-4H3,(H,35,39)(H,36,42)/t25?,26-,31-/m1/s1. The van der Waals surface area contributed by atoms with Crippen molar-refractivity contribution in [1.82, 2.24) is 15.5 Å². The molecule has 12 heteroatoms. The minimum Gasteiger partial charge on any atom is -0.508 e. The molecule has 240 valence electrons. The molecule has 1 saturated heterocycles. The molecule has 11 nitrogen and oxygen atoms in total. The smallest absolute Gasteiger partial charge is 0.408 e. The van der Waals surface area contributed by atoms with E-state index < -0.39 is 53.0 Å². The number of esters is 1. The van der Waals surface area contributed by atoms with E-state index in [4.69, 9.17) is 14.2 Å². The van der Waals surface area contributed by atoms with Crippen LogP contribution in [0.1, 0.15) is 49.6 Å². The van der Waals surface area contributed by atoms with Crippen LogP contribution in [0, 0.1) is 0 Å². The minimum absolute atomic E-state index is 0.0227. The molecule has 2 aliphatic heterocycles. The Morgan fingerprint density at radius 3 is 2.04 bits per heavy atom. The minimum atomic E-state index is -1.24. The molecule has 3 atom stereocenters. The van der Waals surface area contributed by atoms with Gasteiger partial charge in [-0.25, -0.2) is 9.59 Å². The summed E-state index contributed by atoms with van der Waals surface area (Å²) in [7, 11) is 1.42. The van der Waals surface area contributed by atoms with Crippen LogP contribution in [0.15, 0.2) is 96.4 Å². The predicted octanol–water partition coefficient (Wildman–Crippen LogP) is 4.55. The topological polar surface area (TPSA) is 144 Å². The van der Waals surface area contributed by atoms with Gasteiger partial charge in [-0.15, -0.1) is 11.8 Å². The molecule has 0 radical (unpaired) electrons. The van der Waals surface area contributed by atoms with E-state index in [2.05, 4.69) is 10.6 Å². The molecule has 2 aliphatic rings. The van der Waals surface area contributed by atoms with Crippen molar-refractivity contribution in [3.8, 4) is 5.75 Å². The number of benzene rings is 3. The van der Waals surface area contributed by atoms with Gasteiger partial charge in [0.1, 0.15) is 34.6 Å². The number of thioether (sulfide) groups is 1. The van der Waals surface area contributed by atoms with Gasteiger partial charge in [0.2, 0.25) is 5.91 Å². The van der Waals surface area contributed by atoms with Gasteiger partial charge in [0.25, 0.3) is 5.91 Å². The van der Waals surface area contributed by atoms with Crippen molar-refractivity contribution in [2.75, 3.05) is 12.9 Å². The number of amides is 3. The molecule has 0 bridgehead atoms. The van der Waals surface area contributed by atoms with Gasteiger partial charge in [-0.05, 0) is 49.6 Å². The van der Waals surface area contributed by atoms with Crippen molar-refractivity contribution in [3.05, 3.63) is 113 Å². The van der Waals surface area contributed by atoms with Crippen LogP contribution >= 0.6 is 11.8 Å². The van der Waals surface area contributed by atoms with Crippen LogP contribution in [0.3, 0.4) is 0 Å². The molecule has 3 aromatic carbocycles. The maximum Gasteiger partial charge on any atom is 0.408 e. The van der Waals surface area contributed by atoms with Gasteiger partial charge >= 0.3 is 12.1 Å². The van der Waals surface area contributed by atoms with Gasteiger partial charge in [-0.3, -0.25) is 14.5 Å². The number of aromatic hydroxyl groups is 1. The summed E-state index contributed by atoms with van der Waals surface area (Å²) in [5, 5.41) is 14.4. The van der Waals surface area contributed by atoms with Gasteiger partial charge in [0.15, 0.2) is 11.8 Å². The number of phenolic OH excluding ortho intramolecular Hbond substituents is 1. The van der Waals surface area contributed by atoms with E-state index >= 15 is 0 Å². The molecule has 3 amide bonds. The molecular formula is C34H35N3O8S. The molecular weight excluding hydrogens is 610 g/mol. The number of alkyl carbamates (subject to hydrolysis) is 1. The Labute approximate surface area is 270 Å².